The zero-order valence-electron chi connectivity index (χ0n) is 8.27. The molecule has 14 heavy (non-hydrogen) atoms. The molecule has 78 valence electrons. The van der Waals surface area contributed by atoms with E-state index in [9.17, 15) is 8.42 Å². The molecule has 0 aliphatic heterocycles. The lowest BCUT2D eigenvalue weighted by atomic mass is 10.3. The van der Waals surface area contributed by atoms with Crippen LogP contribution in [-0.4, -0.2) is 19.4 Å². The van der Waals surface area contributed by atoms with Gasteiger partial charge in [0, 0.05) is 18.4 Å². The summed E-state index contributed by atoms with van der Waals surface area (Å²) < 4.78 is 25.9. The van der Waals surface area contributed by atoms with Gasteiger partial charge in [-0.1, -0.05) is 6.92 Å². The van der Waals surface area contributed by atoms with Crippen LogP contribution in [0.3, 0.4) is 0 Å². The molecule has 5 heteroatoms. The Labute approximate surface area is 84.4 Å². The maximum absolute atomic E-state index is 11.7. The van der Waals surface area contributed by atoms with E-state index in [-0.39, 0.29) is 10.9 Å². The van der Waals surface area contributed by atoms with Crippen LogP contribution in [0.5, 0.6) is 0 Å². The van der Waals surface area contributed by atoms with Gasteiger partial charge in [-0.3, -0.25) is 4.98 Å². The van der Waals surface area contributed by atoms with Gasteiger partial charge in [-0.05, 0) is 25.5 Å². The van der Waals surface area contributed by atoms with E-state index in [1.165, 1.54) is 12.3 Å². The molecule has 1 unspecified atom stereocenters. The highest BCUT2D eigenvalue weighted by molar-refractivity contribution is 7.89. The zero-order chi connectivity index (χ0) is 10.6. The summed E-state index contributed by atoms with van der Waals surface area (Å²) in [6, 6.07) is 3.07. The average Bonchev–Trinajstić information content (AvgIpc) is 2.18. The van der Waals surface area contributed by atoms with E-state index >= 15 is 0 Å². The standard InChI is InChI=1S/C9H14N2O2S/c1-3-8(2)11-14(12,13)9-5-4-6-10-7-9/h4-8,11H,3H2,1-2H3. The first-order chi connectivity index (χ1) is 6.56. The lowest BCUT2D eigenvalue weighted by Gasteiger charge is -2.11. The molecule has 1 atom stereocenters. The van der Waals surface area contributed by atoms with Crippen LogP contribution in [0.2, 0.25) is 0 Å². The second-order valence-electron chi connectivity index (χ2n) is 3.12. The highest BCUT2D eigenvalue weighted by Gasteiger charge is 2.15. The molecular formula is C9H14N2O2S. The summed E-state index contributed by atoms with van der Waals surface area (Å²) in [7, 11) is -3.38. The maximum atomic E-state index is 11.7. The SMILES string of the molecule is CCC(C)NS(=O)(=O)c1cccnc1. The minimum atomic E-state index is -3.38. The number of hydrogen-bond acceptors (Lipinski definition) is 3. The molecule has 1 rings (SSSR count). The fraction of sp³-hybridized carbons (Fsp3) is 0.444. The summed E-state index contributed by atoms with van der Waals surface area (Å²) >= 11 is 0. The summed E-state index contributed by atoms with van der Waals surface area (Å²) in [5, 5.41) is 0. The first-order valence-corrected chi connectivity index (χ1v) is 5.97. The molecular weight excluding hydrogens is 200 g/mol. The minimum Gasteiger partial charge on any atom is -0.263 e. The van der Waals surface area contributed by atoms with Crippen LogP contribution < -0.4 is 4.72 Å². The molecule has 0 bridgehead atoms. The van der Waals surface area contributed by atoms with Gasteiger partial charge in [-0.25, -0.2) is 13.1 Å². The zero-order valence-corrected chi connectivity index (χ0v) is 9.08. The van der Waals surface area contributed by atoms with Crippen molar-refractivity contribution in [3.63, 3.8) is 0 Å². The number of rotatable bonds is 4. The van der Waals surface area contributed by atoms with Crippen LogP contribution in [0.25, 0.3) is 0 Å². The second kappa shape index (κ2) is 4.52. The summed E-state index contributed by atoms with van der Waals surface area (Å²) in [6.45, 7) is 3.75. The second-order valence-corrected chi connectivity index (χ2v) is 4.83. The minimum absolute atomic E-state index is 0.0554. The van der Waals surface area contributed by atoms with Crippen molar-refractivity contribution in [1.29, 1.82) is 0 Å². The van der Waals surface area contributed by atoms with E-state index in [1.807, 2.05) is 13.8 Å². The molecule has 0 aromatic carbocycles. The Hall–Kier alpha value is -0.940. The Morgan fingerprint density at radius 2 is 2.29 bits per heavy atom. The van der Waals surface area contributed by atoms with E-state index in [4.69, 9.17) is 0 Å². The molecule has 1 aromatic heterocycles. The Bertz CT molecular complexity index is 375. The van der Waals surface area contributed by atoms with Crippen LogP contribution in [0, 0.1) is 0 Å². The Balaban J connectivity index is 2.87. The van der Waals surface area contributed by atoms with Crippen molar-refractivity contribution in [2.24, 2.45) is 0 Å². The number of aromatic nitrogens is 1. The molecule has 0 aliphatic carbocycles. The van der Waals surface area contributed by atoms with Crippen molar-refractivity contribution in [2.75, 3.05) is 0 Å². The summed E-state index contributed by atoms with van der Waals surface area (Å²) in [5.74, 6) is 0. The molecule has 0 aliphatic rings. The van der Waals surface area contributed by atoms with Gasteiger partial charge in [0.25, 0.3) is 0 Å². The van der Waals surface area contributed by atoms with Gasteiger partial charge in [0.05, 0.1) is 0 Å². The maximum Gasteiger partial charge on any atom is 0.242 e. The highest BCUT2D eigenvalue weighted by Crippen LogP contribution is 2.06. The summed E-state index contributed by atoms with van der Waals surface area (Å²) in [5.41, 5.74) is 0. The van der Waals surface area contributed by atoms with E-state index in [0.717, 1.165) is 6.42 Å². The van der Waals surface area contributed by atoms with Crippen LogP contribution in [0.4, 0.5) is 0 Å². The van der Waals surface area contributed by atoms with Gasteiger partial charge < -0.3 is 0 Å². The molecule has 0 fully saturated rings. The van der Waals surface area contributed by atoms with E-state index in [0.29, 0.717) is 0 Å². The molecule has 4 nitrogen and oxygen atoms in total. The quantitative estimate of drug-likeness (QED) is 0.818. The van der Waals surface area contributed by atoms with Crippen LogP contribution in [0.1, 0.15) is 20.3 Å². The van der Waals surface area contributed by atoms with Crippen molar-refractivity contribution in [2.45, 2.75) is 31.2 Å². The number of pyridine rings is 1. The van der Waals surface area contributed by atoms with Crippen LogP contribution in [-0.2, 0) is 10.0 Å². The van der Waals surface area contributed by atoms with Gasteiger partial charge in [0.1, 0.15) is 4.90 Å². The van der Waals surface area contributed by atoms with Gasteiger partial charge in [-0.15, -0.1) is 0 Å². The van der Waals surface area contributed by atoms with Crippen LogP contribution >= 0.6 is 0 Å². The third-order valence-electron chi connectivity index (χ3n) is 1.91. The molecule has 0 amide bonds. The molecule has 1 N–H and O–H groups in total. The number of nitrogens with zero attached hydrogens (tertiary/aromatic N) is 1. The Morgan fingerprint density at radius 3 is 2.79 bits per heavy atom. The van der Waals surface area contributed by atoms with Crippen molar-refractivity contribution in [3.8, 4) is 0 Å². The third-order valence-corrected chi connectivity index (χ3v) is 3.49. The van der Waals surface area contributed by atoms with Gasteiger partial charge in [-0.2, -0.15) is 0 Å². The normalized spacial score (nSPS) is 13.9. The average molecular weight is 214 g/mol. The van der Waals surface area contributed by atoms with E-state index in [2.05, 4.69) is 9.71 Å². The monoisotopic (exact) mass is 214 g/mol. The fourth-order valence-electron chi connectivity index (χ4n) is 0.922. The number of nitrogens with one attached hydrogen (secondary N) is 1. The molecule has 0 radical (unpaired) electrons. The largest absolute Gasteiger partial charge is 0.263 e. The van der Waals surface area contributed by atoms with E-state index in [1.54, 1.807) is 12.3 Å². The molecule has 1 heterocycles. The predicted octanol–water partition coefficient (Wildman–Crippen LogP) is 1.16. The third kappa shape index (κ3) is 2.78. The first-order valence-electron chi connectivity index (χ1n) is 4.48. The fourth-order valence-corrected chi connectivity index (χ4v) is 2.21. The molecule has 0 saturated carbocycles. The first kappa shape index (κ1) is 11.1. The van der Waals surface area contributed by atoms with E-state index < -0.39 is 10.0 Å². The molecule has 0 saturated heterocycles. The van der Waals surface area contributed by atoms with Gasteiger partial charge in [0.2, 0.25) is 10.0 Å². The number of sulfonamides is 1. The van der Waals surface area contributed by atoms with Crippen molar-refractivity contribution < 1.29 is 8.42 Å². The van der Waals surface area contributed by atoms with Gasteiger partial charge in [0.15, 0.2) is 0 Å². The topological polar surface area (TPSA) is 59.1 Å². The summed E-state index contributed by atoms with van der Waals surface area (Å²) in [4.78, 5) is 3.97. The molecule has 0 spiro atoms. The highest BCUT2D eigenvalue weighted by atomic mass is 32.2. The molecule has 1 aromatic rings. The lowest BCUT2D eigenvalue weighted by molar-refractivity contribution is 0.555. The smallest absolute Gasteiger partial charge is 0.242 e. The van der Waals surface area contributed by atoms with Crippen molar-refractivity contribution in [1.82, 2.24) is 9.71 Å². The Morgan fingerprint density at radius 1 is 1.57 bits per heavy atom. The van der Waals surface area contributed by atoms with Crippen LogP contribution in [0.15, 0.2) is 29.4 Å². The van der Waals surface area contributed by atoms with Crippen molar-refractivity contribution in [3.05, 3.63) is 24.5 Å². The van der Waals surface area contributed by atoms with Crippen molar-refractivity contribution >= 4 is 10.0 Å². The van der Waals surface area contributed by atoms with Gasteiger partial charge >= 0.3 is 0 Å². The Kier molecular flexibility index (Phi) is 3.60. The predicted molar refractivity (Wildman–Crippen MR) is 54.3 cm³/mol. The lowest BCUT2D eigenvalue weighted by Crippen LogP contribution is -2.32. The number of hydrogen-bond donors (Lipinski definition) is 1. The summed E-state index contributed by atoms with van der Waals surface area (Å²) in [6.07, 6.45) is 3.65.